The minimum Gasteiger partial charge on any atom is -0.389 e. The molecule has 0 saturated heterocycles. The van der Waals surface area contributed by atoms with Gasteiger partial charge in [-0.3, -0.25) is 0 Å². The van der Waals surface area contributed by atoms with Gasteiger partial charge >= 0.3 is 0 Å². The Balaban J connectivity index is 3.10. The van der Waals surface area contributed by atoms with Crippen molar-refractivity contribution in [3.05, 3.63) is 29.6 Å². The van der Waals surface area contributed by atoms with Crippen LogP contribution in [0.2, 0.25) is 0 Å². The zero-order chi connectivity index (χ0) is 9.84. The summed E-state index contributed by atoms with van der Waals surface area (Å²) < 4.78 is 13.3. The van der Waals surface area contributed by atoms with E-state index in [2.05, 4.69) is 0 Å². The van der Waals surface area contributed by atoms with E-state index in [1.54, 1.807) is 24.8 Å². The SMILES string of the molecule is CCSc1cccc(F)c1[C@@H](C)O. The topological polar surface area (TPSA) is 20.2 Å². The van der Waals surface area contributed by atoms with Crippen molar-refractivity contribution >= 4 is 11.8 Å². The summed E-state index contributed by atoms with van der Waals surface area (Å²) in [5.41, 5.74) is 0.411. The second kappa shape index (κ2) is 4.63. The Hall–Kier alpha value is -0.540. The Morgan fingerprint density at radius 3 is 2.77 bits per heavy atom. The molecule has 72 valence electrons. The number of aliphatic hydroxyl groups is 1. The van der Waals surface area contributed by atoms with Crippen LogP contribution >= 0.6 is 11.8 Å². The van der Waals surface area contributed by atoms with E-state index >= 15 is 0 Å². The molecule has 1 aromatic rings. The highest BCUT2D eigenvalue weighted by Gasteiger charge is 2.12. The zero-order valence-electron chi connectivity index (χ0n) is 7.75. The highest BCUT2D eigenvalue weighted by Crippen LogP contribution is 2.29. The summed E-state index contributed by atoms with van der Waals surface area (Å²) in [6.07, 6.45) is -0.741. The van der Waals surface area contributed by atoms with Crippen LogP contribution in [-0.2, 0) is 0 Å². The number of hydrogen-bond acceptors (Lipinski definition) is 2. The fourth-order valence-corrected chi connectivity index (χ4v) is 2.11. The van der Waals surface area contributed by atoms with Crippen LogP contribution in [0.15, 0.2) is 23.1 Å². The number of aliphatic hydroxyl groups excluding tert-OH is 1. The van der Waals surface area contributed by atoms with Crippen LogP contribution in [0.1, 0.15) is 25.5 Å². The summed E-state index contributed by atoms with van der Waals surface area (Å²) in [7, 11) is 0. The smallest absolute Gasteiger partial charge is 0.130 e. The van der Waals surface area contributed by atoms with Crippen LogP contribution in [0.25, 0.3) is 0 Å². The number of thioether (sulfide) groups is 1. The third-order valence-electron chi connectivity index (χ3n) is 1.73. The first-order chi connectivity index (χ1) is 6.16. The van der Waals surface area contributed by atoms with Crippen LogP contribution in [0.3, 0.4) is 0 Å². The number of benzene rings is 1. The summed E-state index contributed by atoms with van der Waals surface area (Å²) in [5.74, 6) is 0.553. The second-order valence-corrected chi connectivity index (χ2v) is 4.07. The lowest BCUT2D eigenvalue weighted by molar-refractivity contribution is 0.191. The summed E-state index contributed by atoms with van der Waals surface area (Å²) >= 11 is 1.54. The Kier molecular flexibility index (Phi) is 3.75. The predicted octanol–water partition coefficient (Wildman–Crippen LogP) is 2.99. The Morgan fingerprint density at radius 2 is 2.23 bits per heavy atom. The molecule has 1 atom stereocenters. The molecule has 1 rings (SSSR count). The first-order valence-corrected chi connectivity index (χ1v) is 5.24. The van der Waals surface area contributed by atoms with Gasteiger partial charge < -0.3 is 5.11 Å². The molecular formula is C10H13FOS. The summed E-state index contributed by atoms with van der Waals surface area (Å²) in [6, 6.07) is 4.88. The molecule has 0 spiro atoms. The standard InChI is InChI=1S/C10H13FOS/c1-3-13-9-6-4-5-8(11)10(9)7(2)12/h4-7,12H,3H2,1-2H3/t7-/m1/s1. The summed E-state index contributed by atoms with van der Waals surface area (Å²) in [6.45, 7) is 3.58. The molecule has 0 radical (unpaired) electrons. The Morgan fingerprint density at radius 1 is 1.54 bits per heavy atom. The molecule has 0 aromatic heterocycles. The van der Waals surface area contributed by atoms with Crippen molar-refractivity contribution in [1.29, 1.82) is 0 Å². The monoisotopic (exact) mass is 200 g/mol. The maximum absolute atomic E-state index is 13.3. The van der Waals surface area contributed by atoms with E-state index in [9.17, 15) is 9.50 Å². The maximum Gasteiger partial charge on any atom is 0.130 e. The third-order valence-corrected chi connectivity index (χ3v) is 2.69. The second-order valence-electron chi connectivity index (χ2n) is 2.76. The van der Waals surface area contributed by atoms with Gasteiger partial charge in [0.1, 0.15) is 5.82 Å². The zero-order valence-corrected chi connectivity index (χ0v) is 8.57. The molecule has 0 amide bonds. The summed E-state index contributed by atoms with van der Waals surface area (Å²) in [4.78, 5) is 0.831. The van der Waals surface area contributed by atoms with E-state index in [0.717, 1.165) is 10.6 Å². The quantitative estimate of drug-likeness (QED) is 0.757. The number of hydrogen-bond donors (Lipinski definition) is 1. The van der Waals surface area contributed by atoms with Crippen LogP contribution in [0, 0.1) is 5.82 Å². The van der Waals surface area contributed by atoms with Crippen molar-refractivity contribution in [2.75, 3.05) is 5.75 Å². The molecule has 0 saturated carbocycles. The molecule has 0 bridgehead atoms. The molecule has 3 heteroatoms. The average Bonchev–Trinajstić information content (AvgIpc) is 2.04. The third kappa shape index (κ3) is 2.45. The number of halogens is 1. The molecule has 0 aliphatic rings. The molecule has 0 fully saturated rings. The maximum atomic E-state index is 13.3. The van der Waals surface area contributed by atoms with E-state index in [1.807, 2.05) is 13.0 Å². The fraction of sp³-hybridized carbons (Fsp3) is 0.400. The van der Waals surface area contributed by atoms with Gasteiger partial charge in [0.25, 0.3) is 0 Å². The van der Waals surface area contributed by atoms with E-state index < -0.39 is 6.10 Å². The van der Waals surface area contributed by atoms with Gasteiger partial charge in [-0.05, 0) is 24.8 Å². The predicted molar refractivity (Wildman–Crippen MR) is 53.4 cm³/mol. The van der Waals surface area contributed by atoms with Crippen molar-refractivity contribution in [1.82, 2.24) is 0 Å². The molecule has 1 aromatic carbocycles. The van der Waals surface area contributed by atoms with E-state index in [0.29, 0.717) is 5.56 Å². The van der Waals surface area contributed by atoms with E-state index in [1.165, 1.54) is 6.07 Å². The molecule has 1 nitrogen and oxygen atoms in total. The van der Waals surface area contributed by atoms with Crippen molar-refractivity contribution in [2.24, 2.45) is 0 Å². The van der Waals surface area contributed by atoms with Crippen LogP contribution < -0.4 is 0 Å². The van der Waals surface area contributed by atoms with E-state index in [-0.39, 0.29) is 5.82 Å². The number of rotatable bonds is 3. The van der Waals surface area contributed by atoms with Gasteiger partial charge in [0, 0.05) is 10.5 Å². The molecule has 13 heavy (non-hydrogen) atoms. The molecule has 0 heterocycles. The van der Waals surface area contributed by atoms with Crippen LogP contribution in [0.5, 0.6) is 0 Å². The van der Waals surface area contributed by atoms with Crippen molar-refractivity contribution < 1.29 is 9.50 Å². The molecule has 0 aliphatic heterocycles. The van der Waals surface area contributed by atoms with Gasteiger partial charge in [0.05, 0.1) is 6.10 Å². The fourth-order valence-electron chi connectivity index (χ4n) is 1.20. The Labute approximate surface area is 82.0 Å². The van der Waals surface area contributed by atoms with Crippen molar-refractivity contribution in [3.8, 4) is 0 Å². The lowest BCUT2D eigenvalue weighted by Crippen LogP contribution is -1.98. The van der Waals surface area contributed by atoms with Gasteiger partial charge in [0.15, 0.2) is 0 Å². The minimum atomic E-state index is -0.741. The largest absolute Gasteiger partial charge is 0.389 e. The molecular weight excluding hydrogens is 187 g/mol. The average molecular weight is 200 g/mol. The normalized spacial score (nSPS) is 12.9. The molecule has 1 N–H and O–H groups in total. The first-order valence-electron chi connectivity index (χ1n) is 4.26. The molecule has 0 unspecified atom stereocenters. The van der Waals surface area contributed by atoms with Gasteiger partial charge in [-0.15, -0.1) is 11.8 Å². The highest BCUT2D eigenvalue weighted by molar-refractivity contribution is 7.99. The Bertz CT molecular complexity index is 286. The van der Waals surface area contributed by atoms with Crippen molar-refractivity contribution in [2.45, 2.75) is 24.8 Å². The van der Waals surface area contributed by atoms with Crippen LogP contribution in [0.4, 0.5) is 4.39 Å². The summed E-state index contributed by atoms with van der Waals surface area (Å²) in [5, 5.41) is 9.36. The van der Waals surface area contributed by atoms with E-state index in [4.69, 9.17) is 0 Å². The van der Waals surface area contributed by atoms with Gasteiger partial charge in [-0.1, -0.05) is 13.0 Å². The van der Waals surface area contributed by atoms with Crippen LogP contribution in [-0.4, -0.2) is 10.9 Å². The van der Waals surface area contributed by atoms with Gasteiger partial charge in [-0.25, -0.2) is 4.39 Å². The van der Waals surface area contributed by atoms with Crippen molar-refractivity contribution in [3.63, 3.8) is 0 Å². The van der Waals surface area contributed by atoms with Gasteiger partial charge in [0.2, 0.25) is 0 Å². The lowest BCUT2D eigenvalue weighted by Gasteiger charge is -2.11. The first kappa shape index (κ1) is 10.5. The lowest BCUT2D eigenvalue weighted by atomic mass is 10.1. The minimum absolute atomic E-state index is 0.326. The van der Waals surface area contributed by atoms with Gasteiger partial charge in [-0.2, -0.15) is 0 Å². The molecule has 0 aliphatic carbocycles. The highest BCUT2D eigenvalue weighted by atomic mass is 32.2.